The number of aryl methyl sites for hydroxylation is 1. The third-order valence-corrected chi connectivity index (χ3v) is 5.90. The smallest absolute Gasteiger partial charge is 0.251 e. The third-order valence-electron chi connectivity index (χ3n) is 5.65. The highest BCUT2D eigenvalue weighted by molar-refractivity contribution is 6.30. The van der Waals surface area contributed by atoms with E-state index in [0.29, 0.717) is 55.0 Å². The molecule has 1 fully saturated rings. The molecule has 0 spiro atoms. The molecule has 3 aromatic rings. The molecular weight excluding hydrogens is 442 g/mol. The van der Waals surface area contributed by atoms with Gasteiger partial charge in [0.15, 0.2) is 0 Å². The summed E-state index contributed by atoms with van der Waals surface area (Å²) in [5, 5.41) is 7.40. The molecule has 0 radical (unpaired) electrons. The summed E-state index contributed by atoms with van der Waals surface area (Å²) >= 11 is 5.86. The van der Waals surface area contributed by atoms with Crippen LogP contribution in [0.15, 0.2) is 53.1 Å². The van der Waals surface area contributed by atoms with Gasteiger partial charge in [0, 0.05) is 42.3 Å². The molecule has 8 nitrogen and oxygen atoms in total. The van der Waals surface area contributed by atoms with Gasteiger partial charge < -0.3 is 14.7 Å². The molecule has 1 aliphatic rings. The number of hydrogen-bond donors (Lipinski definition) is 1. The van der Waals surface area contributed by atoms with Gasteiger partial charge in [0.2, 0.25) is 17.6 Å². The maximum atomic E-state index is 12.8. The van der Waals surface area contributed by atoms with Gasteiger partial charge in [0.1, 0.15) is 6.04 Å². The van der Waals surface area contributed by atoms with E-state index in [1.54, 1.807) is 36.1 Å². The van der Waals surface area contributed by atoms with Crippen LogP contribution in [0.5, 0.6) is 0 Å². The van der Waals surface area contributed by atoms with Crippen molar-refractivity contribution < 1.29 is 14.1 Å². The van der Waals surface area contributed by atoms with Crippen molar-refractivity contribution in [2.75, 3.05) is 26.2 Å². The standard InChI is InChI=1S/C24H26ClN5O3/c1-16-3-5-18(6-4-16)22-27-21(33-28-22)15-29-11-13-30(14-12-29)24(32)17(2)26-23(31)19-7-9-20(25)10-8-19/h3-10,17H,11-15H2,1-2H3,(H,26,31). The van der Waals surface area contributed by atoms with E-state index >= 15 is 0 Å². The summed E-state index contributed by atoms with van der Waals surface area (Å²) in [6, 6.07) is 13.9. The van der Waals surface area contributed by atoms with Gasteiger partial charge in [0.05, 0.1) is 6.54 Å². The largest absolute Gasteiger partial charge is 0.341 e. The number of carbonyl (C=O) groups excluding carboxylic acids is 2. The van der Waals surface area contributed by atoms with Gasteiger partial charge in [-0.05, 0) is 38.1 Å². The predicted octanol–water partition coefficient (Wildman–Crippen LogP) is 3.16. The molecule has 1 atom stereocenters. The molecule has 2 heterocycles. The van der Waals surface area contributed by atoms with Crippen LogP contribution in [0.1, 0.15) is 28.7 Å². The number of carbonyl (C=O) groups is 2. The summed E-state index contributed by atoms with van der Waals surface area (Å²) in [7, 11) is 0. The minimum atomic E-state index is -0.618. The lowest BCUT2D eigenvalue weighted by Gasteiger charge is -2.35. The first kappa shape index (κ1) is 22.9. The Balaban J connectivity index is 1.26. The fourth-order valence-electron chi connectivity index (χ4n) is 3.67. The van der Waals surface area contributed by atoms with Crippen LogP contribution in [-0.2, 0) is 11.3 Å². The van der Waals surface area contributed by atoms with Crippen molar-refractivity contribution in [2.24, 2.45) is 0 Å². The summed E-state index contributed by atoms with van der Waals surface area (Å²) in [5.41, 5.74) is 2.56. The van der Waals surface area contributed by atoms with Crippen molar-refractivity contribution in [2.45, 2.75) is 26.4 Å². The monoisotopic (exact) mass is 467 g/mol. The molecule has 0 bridgehead atoms. The number of amides is 2. The lowest BCUT2D eigenvalue weighted by Crippen LogP contribution is -2.53. The molecule has 0 saturated carbocycles. The van der Waals surface area contributed by atoms with Crippen LogP contribution >= 0.6 is 11.6 Å². The number of benzene rings is 2. The predicted molar refractivity (Wildman–Crippen MR) is 125 cm³/mol. The van der Waals surface area contributed by atoms with Crippen molar-refractivity contribution >= 4 is 23.4 Å². The molecule has 9 heteroatoms. The second-order valence-corrected chi connectivity index (χ2v) is 8.62. The minimum Gasteiger partial charge on any atom is -0.341 e. The van der Waals surface area contributed by atoms with Crippen LogP contribution in [0.4, 0.5) is 0 Å². The Bertz CT molecular complexity index is 1110. The second-order valence-electron chi connectivity index (χ2n) is 8.18. The SMILES string of the molecule is Cc1ccc(-c2noc(CN3CCN(C(=O)C(C)NC(=O)c4ccc(Cl)cc4)CC3)n2)cc1. The summed E-state index contributed by atoms with van der Waals surface area (Å²) < 4.78 is 5.42. The van der Waals surface area contributed by atoms with Gasteiger partial charge in [-0.3, -0.25) is 14.5 Å². The van der Waals surface area contributed by atoms with E-state index in [0.717, 1.165) is 5.56 Å². The summed E-state index contributed by atoms with van der Waals surface area (Å²) in [6.07, 6.45) is 0. The highest BCUT2D eigenvalue weighted by atomic mass is 35.5. The molecule has 2 amide bonds. The summed E-state index contributed by atoms with van der Waals surface area (Å²) in [6.45, 7) is 6.77. The molecule has 1 N–H and O–H groups in total. The van der Waals surface area contributed by atoms with Crippen LogP contribution in [-0.4, -0.2) is 64.0 Å². The zero-order chi connectivity index (χ0) is 23.4. The van der Waals surface area contributed by atoms with E-state index in [9.17, 15) is 9.59 Å². The number of aromatic nitrogens is 2. The fraction of sp³-hybridized carbons (Fsp3) is 0.333. The molecule has 172 valence electrons. The molecule has 1 aliphatic heterocycles. The van der Waals surface area contributed by atoms with E-state index in [4.69, 9.17) is 16.1 Å². The Hall–Kier alpha value is -3.23. The molecular formula is C24H26ClN5O3. The first-order valence-electron chi connectivity index (χ1n) is 10.9. The van der Waals surface area contributed by atoms with Crippen molar-refractivity contribution in [3.63, 3.8) is 0 Å². The summed E-state index contributed by atoms with van der Waals surface area (Å²) in [5.74, 6) is 0.723. The number of rotatable bonds is 6. The average Bonchev–Trinajstić information content (AvgIpc) is 3.28. The van der Waals surface area contributed by atoms with Gasteiger partial charge in [-0.15, -0.1) is 0 Å². The molecule has 4 rings (SSSR count). The Kier molecular flexibility index (Phi) is 7.05. The maximum Gasteiger partial charge on any atom is 0.251 e. The Morgan fingerprint density at radius 1 is 1.06 bits per heavy atom. The van der Waals surface area contributed by atoms with Crippen LogP contribution in [0.25, 0.3) is 11.4 Å². The van der Waals surface area contributed by atoms with Crippen molar-refractivity contribution in [3.05, 3.63) is 70.6 Å². The second kappa shape index (κ2) is 10.1. The lowest BCUT2D eigenvalue weighted by atomic mass is 10.1. The molecule has 2 aromatic carbocycles. The van der Waals surface area contributed by atoms with E-state index in [1.165, 1.54) is 5.56 Å². The molecule has 1 unspecified atom stereocenters. The number of nitrogens with one attached hydrogen (secondary N) is 1. The normalized spacial score (nSPS) is 15.3. The van der Waals surface area contributed by atoms with Crippen molar-refractivity contribution in [3.8, 4) is 11.4 Å². The van der Waals surface area contributed by atoms with Gasteiger partial charge in [-0.25, -0.2) is 0 Å². The van der Waals surface area contributed by atoms with E-state index in [2.05, 4.69) is 20.4 Å². The van der Waals surface area contributed by atoms with E-state index in [-0.39, 0.29) is 11.8 Å². The van der Waals surface area contributed by atoms with Gasteiger partial charge in [0.25, 0.3) is 5.91 Å². The quantitative estimate of drug-likeness (QED) is 0.598. The first-order valence-corrected chi connectivity index (χ1v) is 11.2. The molecule has 1 aromatic heterocycles. The van der Waals surface area contributed by atoms with Crippen LogP contribution in [0.3, 0.4) is 0 Å². The molecule has 1 saturated heterocycles. The van der Waals surface area contributed by atoms with Crippen LogP contribution in [0.2, 0.25) is 5.02 Å². The van der Waals surface area contributed by atoms with Gasteiger partial charge in [-0.1, -0.05) is 46.6 Å². The zero-order valence-electron chi connectivity index (χ0n) is 18.6. The Morgan fingerprint density at radius 2 is 1.73 bits per heavy atom. The third kappa shape index (κ3) is 5.77. The number of nitrogens with zero attached hydrogens (tertiary/aromatic N) is 4. The average molecular weight is 468 g/mol. The van der Waals surface area contributed by atoms with Crippen molar-refractivity contribution in [1.82, 2.24) is 25.3 Å². The van der Waals surface area contributed by atoms with Crippen LogP contribution in [0, 0.1) is 6.92 Å². The van der Waals surface area contributed by atoms with E-state index < -0.39 is 6.04 Å². The highest BCUT2D eigenvalue weighted by Crippen LogP contribution is 2.17. The Labute approximate surface area is 197 Å². The molecule has 33 heavy (non-hydrogen) atoms. The topological polar surface area (TPSA) is 91.6 Å². The van der Waals surface area contributed by atoms with Gasteiger partial charge in [-0.2, -0.15) is 4.98 Å². The van der Waals surface area contributed by atoms with Crippen LogP contribution < -0.4 is 5.32 Å². The zero-order valence-corrected chi connectivity index (χ0v) is 19.4. The Morgan fingerprint density at radius 3 is 2.39 bits per heavy atom. The number of halogens is 1. The fourth-order valence-corrected chi connectivity index (χ4v) is 3.80. The number of hydrogen-bond acceptors (Lipinski definition) is 6. The molecule has 0 aliphatic carbocycles. The summed E-state index contributed by atoms with van der Waals surface area (Å²) in [4.78, 5) is 33.6. The maximum absolute atomic E-state index is 12.8. The lowest BCUT2D eigenvalue weighted by molar-refractivity contribution is -0.134. The van der Waals surface area contributed by atoms with E-state index in [1.807, 2.05) is 31.2 Å². The minimum absolute atomic E-state index is 0.101. The van der Waals surface area contributed by atoms with Gasteiger partial charge >= 0.3 is 0 Å². The highest BCUT2D eigenvalue weighted by Gasteiger charge is 2.27. The van der Waals surface area contributed by atoms with Crippen molar-refractivity contribution in [1.29, 1.82) is 0 Å². The number of piperazine rings is 1. The first-order chi connectivity index (χ1) is 15.9.